The zero-order chi connectivity index (χ0) is 14.2. The van der Waals surface area contributed by atoms with E-state index in [4.69, 9.17) is 5.73 Å². The second-order valence-electron chi connectivity index (χ2n) is 4.92. The highest BCUT2D eigenvalue weighted by atomic mass is 79.9. The number of aryl methyl sites for hydroxylation is 1. The van der Waals surface area contributed by atoms with Gasteiger partial charge < -0.3 is 5.73 Å². The van der Waals surface area contributed by atoms with Crippen molar-refractivity contribution in [3.05, 3.63) is 51.5 Å². The van der Waals surface area contributed by atoms with Crippen molar-refractivity contribution in [2.45, 2.75) is 32.9 Å². The van der Waals surface area contributed by atoms with Crippen molar-refractivity contribution in [2.75, 3.05) is 0 Å². The van der Waals surface area contributed by atoms with Gasteiger partial charge in [-0.25, -0.2) is 4.39 Å². The molecule has 1 aromatic heterocycles. The Bertz CT molecular complexity index is 592. The summed E-state index contributed by atoms with van der Waals surface area (Å²) >= 11 is 3.44. The average molecular weight is 326 g/mol. The van der Waals surface area contributed by atoms with Crippen LogP contribution in [-0.2, 0) is 0 Å². The quantitative estimate of drug-likeness (QED) is 0.934. The zero-order valence-corrected chi connectivity index (χ0v) is 12.8. The highest BCUT2D eigenvalue weighted by Crippen LogP contribution is 2.30. The van der Waals surface area contributed by atoms with E-state index >= 15 is 0 Å². The minimum atomic E-state index is -0.542. The molecule has 1 unspecified atom stereocenters. The standard InChI is InChI=1S/C14H17BrFN3/c1-8(2)19-14(11(15)7-18-19)13(17)10-5-4-9(3)6-12(10)16/h4-8,13H,17H2,1-3H3. The summed E-state index contributed by atoms with van der Waals surface area (Å²) in [6.45, 7) is 5.88. The SMILES string of the molecule is Cc1ccc(C(N)c2c(Br)cnn2C(C)C)c(F)c1. The van der Waals surface area contributed by atoms with Crippen molar-refractivity contribution in [1.82, 2.24) is 9.78 Å². The van der Waals surface area contributed by atoms with E-state index in [1.165, 1.54) is 6.07 Å². The first-order chi connectivity index (χ1) is 8.91. The summed E-state index contributed by atoms with van der Waals surface area (Å²) in [7, 11) is 0. The topological polar surface area (TPSA) is 43.8 Å². The predicted molar refractivity (Wildman–Crippen MR) is 77.5 cm³/mol. The number of hydrogen-bond donors (Lipinski definition) is 1. The molecule has 0 saturated carbocycles. The Morgan fingerprint density at radius 3 is 2.63 bits per heavy atom. The smallest absolute Gasteiger partial charge is 0.128 e. The van der Waals surface area contributed by atoms with E-state index < -0.39 is 6.04 Å². The minimum Gasteiger partial charge on any atom is -0.319 e. The predicted octanol–water partition coefficient (Wildman–Crippen LogP) is 3.72. The fourth-order valence-corrected chi connectivity index (χ4v) is 2.60. The van der Waals surface area contributed by atoms with Crippen LogP contribution in [0.5, 0.6) is 0 Å². The van der Waals surface area contributed by atoms with E-state index in [-0.39, 0.29) is 11.9 Å². The lowest BCUT2D eigenvalue weighted by atomic mass is 10.0. The number of halogens is 2. The van der Waals surface area contributed by atoms with Crippen LogP contribution in [0.2, 0.25) is 0 Å². The summed E-state index contributed by atoms with van der Waals surface area (Å²) in [5, 5.41) is 4.28. The Labute approximate surface area is 120 Å². The first kappa shape index (κ1) is 14.2. The van der Waals surface area contributed by atoms with Gasteiger partial charge in [0.2, 0.25) is 0 Å². The summed E-state index contributed by atoms with van der Waals surface area (Å²) in [5.74, 6) is -0.282. The lowest BCUT2D eigenvalue weighted by Gasteiger charge is -2.18. The molecule has 0 aliphatic rings. The molecule has 0 saturated heterocycles. The molecular weight excluding hydrogens is 309 g/mol. The Kier molecular flexibility index (Phi) is 4.06. The van der Waals surface area contributed by atoms with Gasteiger partial charge in [-0.2, -0.15) is 5.10 Å². The number of nitrogens with two attached hydrogens (primary N) is 1. The third-order valence-electron chi connectivity index (χ3n) is 3.06. The van der Waals surface area contributed by atoms with Crippen molar-refractivity contribution in [3.8, 4) is 0 Å². The van der Waals surface area contributed by atoms with Gasteiger partial charge >= 0.3 is 0 Å². The molecule has 102 valence electrons. The zero-order valence-electron chi connectivity index (χ0n) is 11.2. The number of hydrogen-bond acceptors (Lipinski definition) is 2. The highest BCUT2D eigenvalue weighted by molar-refractivity contribution is 9.10. The number of nitrogens with zero attached hydrogens (tertiary/aromatic N) is 2. The van der Waals surface area contributed by atoms with Crippen LogP contribution in [0.4, 0.5) is 4.39 Å². The molecule has 1 aromatic carbocycles. The lowest BCUT2D eigenvalue weighted by Crippen LogP contribution is -2.20. The van der Waals surface area contributed by atoms with Crippen LogP contribution in [0.3, 0.4) is 0 Å². The molecule has 19 heavy (non-hydrogen) atoms. The maximum atomic E-state index is 14.0. The summed E-state index contributed by atoms with van der Waals surface area (Å²) in [5.41, 5.74) is 8.37. The van der Waals surface area contributed by atoms with Gasteiger partial charge in [0.1, 0.15) is 5.82 Å². The molecule has 0 aliphatic heterocycles. The molecule has 0 aliphatic carbocycles. The third-order valence-corrected chi connectivity index (χ3v) is 3.67. The van der Waals surface area contributed by atoms with Crippen LogP contribution in [0, 0.1) is 12.7 Å². The Morgan fingerprint density at radius 2 is 2.05 bits per heavy atom. The van der Waals surface area contributed by atoms with Gasteiger partial charge in [-0.15, -0.1) is 0 Å². The van der Waals surface area contributed by atoms with Crippen LogP contribution in [0.1, 0.15) is 42.8 Å². The van der Waals surface area contributed by atoms with Crippen LogP contribution in [0.15, 0.2) is 28.9 Å². The van der Waals surface area contributed by atoms with Crippen molar-refractivity contribution in [1.29, 1.82) is 0 Å². The molecule has 2 N–H and O–H groups in total. The molecule has 0 radical (unpaired) electrons. The number of rotatable bonds is 3. The van der Waals surface area contributed by atoms with E-state index in [0.717, 1.165) is 15.7 Å². The van der Waals surface area contributed by atoms with Gasteiger partial charge in [-0.05, 0) is 48.3 Å². The molecule has 0 bridgehead atoms. The van der Waals surface area contributed by atoms with Crippen molar-refractivity contribution < 1.29 is 4.39 Å². The van der Waals surface area contributed by atoms with E-state index in [9.17, 15) is 4.39 Å². The van der Waals surface area contributed by atoms with Gasteiger partial charge in [-0.3, -0.25) is 4.68 Å². The van der Waals surface area contributed by atoms with Crippen molar-refractivity contribution >= 4 is 15.9 Å². The van der Waals surface area contributed by atoms with E-state index in [1.54, 1.807) is 12.3 Å². The number of aromatic nitrogens is 2. The van der Waals surface area contributed by atoms with Gasteiger partial charge in [0.05, 0.1) is 22.4 Å². The number of benzene rings is 1. The van der Waals surface area contributed by atoms with Crippen LogP contribution in [-0.4, -0.2) is 9.78 Å². The molecular formula is C14H17BrFN3. The van der Waals surface area contributed by atoms with E-state index in [2.05, 4.69) is 21.0 Å². The third kappa shape index (κ3) is 2.72. The van der Waals surface area contributed by atoms with E-state index in [1.807, 2.05) is 31.5 Å². The summed E-state index contributed by atoms with van der Waals surface area (Å²) in [6.07, 6.45) is 1.70. The van der Waals surface area contributed by atoms with Gasteiger partial charge in [-0.1, -0.05) is 12.1 Å². The molecule has 3 nitrogen and oxygen atoms in total. The van der Waals surface area contributed by atoms with Gasteiger partial charge in [0, 0.05) is 11.6 Å². The second kappa shape index (κ2) is 5.43. The van der Waals surface area contributed by atoms with Crippen LogP contribution < -0.4 is 5.73 Å². The largest absolute Gasteiger partial charge is 0.319 e. The minimum absolute atomic E-state index is 0.167. The first-order valence-electron chi connectivity index (χ1n) is 6.16. The Balaban J connectivity index is 2.49. The summed E-state index contributed by atoms with van der Waals surface area (Å²) in [6, 6.07) is 4.72. The first-order valence-corrected chi connectivity index (χ1v) is 6.95. The van der Waals surface area contributed by atoms with Gasteiger partial charge in [0.15, 0.2) is 0 Å². The molecule has 0 amide bonds. The molecule has 0 fully saturated rings. The normalized spacial score (nSPS) is 13.0. The fourth-order valence-electron chi connectivity index (χ4n) is 2.08. The Hall–Kier alpha value is -1.20. The fraction of sp³-hybridized carbons (Fsp3) is 0.357. The maximum absolute atomic E-state index is 14.0. The molecule has 1 heterocycles. The average Bonchev–Trinajstić information content (AvgIpc) is 2.70. The monoisotopic (exact) mass is 325 g/mol. The summed E-state index contributed by atoms with van der Waals surface area (Å²) < 4.78 is 16.6. The van der Waals surface area contributed by atoms with Crippen molar-refractivity contribution in [2.24, 2.45) is 5.73 Å². The van der Waals surface area contributed by atoms with Crippen molar-refractivity contribution in [3.63, 3.8) is 0 Å². The van der Waals surface area contributed by atoms with Crippen LogP contribution in [0.25, 0.3) is 0 Å². The van der Waals surface area contributed by atoms with Crippen LogP contribution >= 0.6 is 15.9 Å². The molecule has 2 aromatic rings. The molecule has 1 atom stereocenters. The maximum Gasteiger partial charge on any atom is 0.128 e. The Morgan fingerprint density at radius 1 is 1.37 bits per heavy atom. The van der Waals surface area contributed by atoms with E-state index in [0.29, 0.717) is 5.56 Å². The molecule has 0 spiro atoms. The van der Waals surface area contributed by atoms with Gasteiger partial charge in [0.25, 0.3) is 0 Å². The second-order valence-corrected chi connectivity index (χ2v) is 5.77. The summed E-state index contributed by atoms with van der Waals surface area (Å²) in [4.78, 5) is 0. The molecule has 5 heteroatoms. The highest BCUT2D eigenvalue weighted by Gasteiger charge is 2.22. The molecule has 2 rings (SSSR count). The lowest BCUT2D eigenvalue weighted by molar-refractivity contribution is 0.493.